The van der Waals surface area contributed by atoms with Gasteiger partial charge in [-0.2, -0.15) is 0 Å². The second-order valence-electron chi connectivity index (χ2n) is 2.74. The van der Waals surface area contributed by atoms with Crippen molar-refractivity contribution in [3.63, 3.8) is 0 Å². The third-order valence-corrected chi connectivity index (χ3v) is 1.20. The van der Waals surface area contributed by atoms with Gasteiger partial charge in [0.2, 0.25) is 0 Å². The summed E-state index contributed by atoms with van der Waals surface area (Å²) >= 11 is 0. The van der Waals surface area contributed by atoms with Crippen molar-refractivity contribution < 1.29 is 5.11 Å². The first-order valence-corrected chi connectivity index (χ1v) is 3.83. The zero-order valence-electron chi connectivity index (χ0n) is 7.02. The maximum atomic E-state index is 9.07. The van der Waals surface area contributed by atoms with Crippen molar-refractivity contribution in [3.05, 3.63) is 0 Å². The van der Waals surface area contributed by atoms with Gasteiger partial charge in [0.05, 0.1) is 6.10 Å². The molecule has 10 heavy (non-hydrogen) atoms. The Morgan fingerprint density at radius 2 is 2.00 bits per heavy atom. The normalized spacial score (nSPS) is 12.5. The SMILES string of the molecule is CCC(O)CC#CC(C)C. The zero-order valence-corrected chi connectivity index (χ0v) is 7.02. The molecule has 0 aliphatic heterocycles. The molecule has 0 radical (unpaired) electrons. The first-order valence-electron chi connectivity index (χ1n) is 3.83. The van der Waals surface area contributed by atoms with E-state index >= 15 is 0 Å². The minimum atomic E-state index is -0.230. The van der Waals surface area contributed by atoms with E-state index in [0.717, 1.165) is 6.42 Å². The first kappa shape index (κ1) is 9.52. The van der Waals surface area contributed by atoms with Crippen molar-refractivity contribution in [3.8, 4) is 11.8 Å². The van der Waals surface area contributed by atoms with E-state index < -0.39 is 0 Å². The summed E-state index contributed by atoms with van der Waals surface area (Å²) in [7, 11) is 0. The summed E-state index contributed by atoms with van der Waals surface area (Å²) in [5.41, 5.74) is 0. The molecule has 0 aromatic rings. The second-order valence-corrected chi connectivity index (χ2v) is 2.74. The predicted molar refractivity (Wildman–Crippen MR) is 43.5 cm³/mol. The van der Waals surface area contributed by atoms with Gasteiger partial charge < -0.3 is 5.11 Å². The van der Waals surface area contributed by atoms with Crippen molar-refractivity contribution >= 4 is 0 Å². The van der Waals surface area contributed by atoms with Gasteiger partial charge in [0.25, 0.3) is 0 Å². The van der Waals surface area contributed by atoms with Crippen LogP contribution in [0.5, 0.6) is 0 Å². The van der Waals surface area contributed by atoms with E-state index in [1.54, 1.807) is 0 Å². The molecule has 0 aromatic carbocycles. The smallest absolute Gasteiger partial charge is 0.0646 e. The summed E-state index contributed by atoms with van der Waals surface area (Å²) in [4.78, 5) is 0. The lowest BCUT2D eigenvalue weighted by Crippen LogP contribution is -2.01. The van der Waals surface area contributed by atoms with E-state index in [-0.39, 0.29) is 6.10 Å². The summed E-state index contributed by atoms with van der Waals surface area (Å²) in [5, 5.41) is 9.07. The van der Waals surface area contributed by atoms with Gasteiger partial charge in [-0.25, -0.2) is 0 Å². The Morgan fingerprint density at radius 1 is 1.40 bits per heavy atom. The molecule has 0 saturated heterocycles. The predicted octanol–water partition coefficient (Wildman–Crippen LogP) is 1.81. The van der Waals surface area contributed by atoms with E-state index in [0.29, 0.717) is 12.3 Å². The van der Waals surface area contributed by atoms with E-state index in [1.165, 1.54) is 0 Å². The third-order valence-electron chi connectivity index (χ3n) is 1.20. The van der Waals surface area contributed by atoms with Crippen LogP contribution in [0.25, 0.3) is 0 Å². The van der Waals surface area contributed by atoms with Gasteiger partial charge in [0.1, 0.15) is 0 Å². The fraction of sp³-hybridized carbons (Fsp3) is 0.778. The lowest BCUT2D eigenvalue weighted by atomic mass is 10.2. The van der Waals surface area contributed by atoms with Crippen LogP contribution in [0.15, 0.2) is 0 Å². The number of hydrogen-bond donors (Lipinski definition) is 1. The van der Waals surface area contributed by atoms with Crippen LogP contribution in [0, 0.1) is 17.8 Å². The molecule has 0 aliphatic rings. The largest absolute Gasteiger partial charge is 0.392 e. The van der Waals surface area contributed by atoms with Crippen molar-refractivity contribution in [1.82, 2.24) is 0 Å². The molecule has 1 atom stereocenters. The molecular weight excluding hydrogens is 124 g/mol. The third kappa shape index (κ3) is 5.65. The Balaban J connectivity index is 3.45. The first-order chi connectivity index (χ1) is 4.66. The van der Waals surface area contributed by atoms with Gasteiger partial charge in [-0.1, -0.05) is 20.8 Å². The van der Waals surface area contributed by atoms with Crippen molar-refractivity contribution in [1.29, 1.82) is 0 Å². The molecule has 1 N–H and O–H groups in total. The monoisotopic (exact) mass is 140 g/mol. The zero-order chi connectivity index (χ0) is 7.98. The molecule has 0 bridgehead atoms. The van der Waals surface area contributed by atoms with Gasteiger partial charge in [-0.3, -0.25) is 0 Å². The van der Waals surface area contributed by atoms with Crippen LogP contribution in [-0.2, 0) is 0 Å². The summed E-state index contributed by atoms with van der Waals surface area (Å²) in [5.74, 6) is 6.36. The maximum absolute atomic E-state index is 9.07. The molecule has 0 aliphatic carbocycles. The summed E-state index contributed by atoms with van der Waals surface area (Å²) in [6.07, 6.45) is 1.19. The Bertz CT molecular complexity index is 127. The summed E-state index contributed by atoms with van der Waals surface area (Å²) in [6.45, 7) is 6.05. The second kappa shape index (κ2) is 5.32. The molecule has 0 fully saturated rings. The highest BCUT2D eigenvalue weighted by Crippen LogP contribution is 1.95. The molecule has 1 nitrogen and oxygen atoms in total. The van der Waals surface area contributed by atoms with E-state index in [2.05, 4.69) is 11.8 Å². The van der Waals surface area contributed by atoms with Gasteiger partial charge in [0, 0.05) is 12.3 Å². The van der Waals surface area contributed by atoms with Crippen LogP contribution in [0.1, 0.15) is 33.6 Å². The van der Waals surface area contributed by atoms with Crippen LogP contribution < -0.4 is 0 Å². The highest BCUT2D eigenvalue weighted by molar-refractivity contribution is 5.02. The minimum Gasteiger partial charge on any atom is -0.392 e. The molecule has 0 heterocycles. The van der Waals surface area contributed by atoms with Crippen LogP contribution in [0.4, 0.5) is 0 Å². The molecular formula is C9H16O. The molecule has 0 aromatic heterocycles. The van der Waals surface area contributed by atoms with Crippen molar-refractivity contribution in [2.45, 2.75) is 39.7 Å². The quantitative estimate of drug-likeness (QED) is 0.580. The topological polar surface area (TPSA) is 20.2 Å². The van der Waals surface area contributed by atoms with Crippen LogP contribution in [-0.4, -0.2) is 11.2 Å². The highest BCUT2D eigenvalue weighted by Gasteiger charge is 1.94. The molecule has 0 rings (SSSR count). The van der Waals surface area contributed by atoms with Crippen molar-refractivity contribution in [2.75, 3.05) is 0 Å². The van der Waals surface area contributed by atoms with Crippen LogP contribution in [0.2, 0.25) is 0 Å². The summed E-state index contributed by atoms with van der Waals surface area (Å²) in [6, 6.07) is 0. The Morgan fingerprint density at radius 3 is 2.40 bits per heavy atom. The number of aliphatic hydroxyl groups excluding tert-OH is 1. The van der Waals surface area contributed by atoms with Gasteiger partial charge >= 0.3 is 0 Å². The van der Waals surface area contributed by atoms with Gasteiger partial charge in [-0.05, 0) is 6.42 Å². The Labute approximate surface area is 63.5 Å². The van der Waals surface area contributed by atoms with Crippen molar-refractivity contribution in [2.24, 2.45) is 5.92 Å². The summed E-state index contributed by atoms with van der Waals surface area (Å²) < 4.78 is 0. The van der Waals surface area contributed by atoms with E-state index in [4.69, 9.17) is 5.11 Å². The van der Waals surface area contributed by atoms with E-state index in [9.17, 15) is 0 Å². The molecule has 0 saturated carbocycles. The fourth-order valence-corrected chi connectivity index (χ4v) is 0.525. The molecule has 58 valence electrons. The standard InChI is InChI=1S/C9H16O/c1-4-9(10)7-5-6-8(2)3/h8-10H,4,7H2,1-3H3. The van der Waals surface area contributed by atoms with Crippen LogP contribution in [0.3, 0.4) is 0 Å². The van der Waals surface area contributed by atoms with E-state index in [1.807, 2.05) is 20.8 Å². The molecule has 1 heteroatoms. The lowest BCUT2D eigenvalue weighted by molar-refractivity contribution is 0.176. The van der Waals surface area contributed by atoms with Gasteiger partial charge in [-0.15, -0.1) is 11.8 Å². The lowest BCUT2D eigenvalue weighted by Gasteiger charge is -1.99. The van der Waals surface area contributed by atoms with Crippen LogP contribution >= 0.6 is 0 Å². The maximum Gasteiger partial charge on any atom is 0.0646 e. The number of rotatable bonds is 2. The average molecular weight is 140 g/mol. The Kier molecular flexibility index (Phi) is 5.06. The van der Waals surface area contributed by atoms with Gasteiger partial charge in [0.15, 0.2) is 0 Å². The highest BCUT2D eigenvalue weighted by atomic mass is 16.3. The number of hydrogen-bond acceptors (Lipinski definition) is 1. The minimum absolute atomic E-state index is 0.230. The molecule has 0 spiro atoms. The average Bonchev–Trinajstić information content (AvgIpc) is 1.87. The Hall–Kier alpha value is -0.480. The molecule has 0 amide bonds. The molecule has 1 unspecified atom stereocenters. The fourth-order valence-electron chi connectivity index (χ4n) is 0.525. The number of aliphatic hydroxyl groups is 1.